The number of aromatic nitrogens is 1. The zero-order chi connectivity index (χ0) is 15.5. The van der Waals surface area contributed by atoms with Crippen LogP contribution < -0.4 is 5.32 Å². The minimum Gasteiger partial charge on any atom is -0.481 e. The van der Waals surface area contributed by atoms with Crippen molar-refractivity contribution in [2.24, 2.45) is 5.92 Å². The number of aromatic amines is 1. The Balaban J connectivity index is 1.77. The van der Waals surface area contributed by atoms with Gasteiger partial charge in [-0.15, -0.1) is 0 Å². The molecule has 5 heteroatoms. The molecular formula is C17H20N2O3. The molecule has 0 aliphatic heterocycles. The second-order valence-corrected chi connectivity index (χ2v) is 5.94. The predicted octanol–water partition coefficient (Wildman–Crippen LogP) is 2.93. The van der Waals surface area contributed by atoms with Crippen LogP contribution in [0.1, 0.15) is 42.5 Å². The number of hydrogen-bond acceptors (Lipinski definition) is 2. The first-order valence-electron chi connectivity index (χ1n) is 7.76. The van der Waals surface area contributed by atoms with E-state index in [1.165, 1.54) is 0 Å². The van der Waals surface area contributed by atoms with Crippen LogP contribution in [0.5, 0.6) is 0 Å². The largest absolute Gasteiger partial charge is 0.481 e. The van der Waals surface area contributed by atoms with Crippen molar-refractivity contribution in [2.75, 3.05) is 0 Å². The first-order chi connectivity index (χ1) is 10.6. The van der Waals surface area contributed by atoms with E-state index in [0.717, 1.165) is 36.6 Å². The van der Waals surface area contributed by atoms with Gasteiger partial charge >= 0.3 is 5.97 Å². The summed E-state index contributed by atoms with van der Waals surface area (Å²) in [5.41, 5.74) is 1.46. The summed E-state index contributed by atoms with van der Waals surface area (Å²) in [6.45, 7) is 0. The first kappa shape index (κ1) is 14.6. The Kier molecular flexibility index (Phi) is 4.13. The number of aliphatic carboxylic acids is 1. The molecule has 0 saturated heterocycles. The molecule has 0 spiro atoms. The average molecular weight is 300 g/mol. The second-order valence-electron chi connectivity index (χ2n) is 5.94. The van der Waals surface area contributed by atoms with Crippen LogP contribution in [-0.2, 0) is 4.79 Å². The van der Waals surface area contributed by atoms with Crippen LogP contribution in [-0.4, -0.2) is 28.0 Å². The molecule has 1 amide bonds. The molecule has 2 atom stereocenters. The van der Waals surface area contributed by atoms with Gasteiger partial charge in [0.05, 0.1) is 5.92 Å². The minimum atomic E-state index is -0.813. The SMILES string of the molecule is O=C(N[C@H]1CCCCC[C@H]1C(=O)O)c1ccc2cc[nH]c2c1. The molecule has 0 bridgehead atoms. The molecule has 1 aromatic carbocycles. The summed E-state index contributed by atoms with van der Waals surface area (Å²) in [6.07, 6.45) is 6.11. The number of carboxylic acids is 1. The summed E-state index contributed by atoms with van der Waals surface area (Å²) in [4.78, 5) is 26.9. The molecule has 0 radical (unpaired) electrons. The number of rotatable bonds is 3. The second kappa shape index (κ2) is 6.22. The fourth-order valence-corrected chi connectivity index (χ4v) is 3.22. The lowest BCUT2D eigenvalue weighted by Crippen LogP contribution is -2.42. The highest BCUT2D eigenvalue weighted by molar-refractivity contribution is 5.98. The van der Waals surface area contributed by atoms with Crippen molar-refractivity contribution in [2.45, 2.75) is 38.1 Å². The molecule has 5 nitrogen and oxygen atoms in total. The van der Waals surface area contributed by atoms with Gasteiger partial charge in [-0.3, -0.25) is 9.59 Å². The summed E-state index contributed by atoms with van der Waals surface area (Å²) >= 11 is 0. The van der Waals surface area contributed by atoms with Crippen molar-refractivity contribution in [1.29, 1.82) is 0 Å². The maximum absolute atomic E-state index is 12.4. The molecule has 1 aromatic heterocycles. The zero-order valence-electron chi connectivity index (χ0n) is 12.3. The van der Waals surface area contributed by atoms with Crippen molar-refractivity contribution in [1.82, 2.24) is 10.3 Å². The lowest BCUT2D eigenvalue weighted by atomic mass is 9.94. The Labute approximate surface area is 128 Å². The van der Waals surface area contributed by atoms with Gasteiger partial charge in [-0.05, 0) is 36.4 Å². The normalized spacial score (nSPS) is 22.2. The third-order valence-corrected chi connectivity index (χ3v) is 4.47. The van der Waals surface area contributed by atoms with E-state index in [4.69, 9.17) is 0 Å². The smallest absolute Gasteiger partial charge is 0.308 e. The molecule has 1 aliphatic rings. The number of carboxylic acid groups (broad SMARTS) is 1. The van der Waals surface area contributed by atoms with Gasteiger partial charge in [0.25, 0.3) is 5.91 Å². The highest BCUT2D eigenvalue weighted by Gasteiger charge is 2.30. The lowest BCUT2D eigenvalue weighted by Gasteiger charge is -2.22. The Hall–Kier alpha value is -2.30. The molecule has 2 aromatic rings. The number of amides is 1. The average Bonchev–Trinajstić information content (AvgIpc) is 2.84. The number of fused-ring (bicyclic) bond motifs is 1. The number of carbonyl (C=O) groups excluding carboxylic acids is 1. The van der Waals surface area contributed by atoms with E-state index in [0.29, 0.717) is 12.0 Å². The van der Waals surface area contributed by atoms with E-state index < -0.39 is 11.9 Å². The molecule has 0 unspecified atom stereocenters. The van der Waals surface area contributed by atoms with E-state index >= 15 is 0 Å². The summed E-state index contributed by atoms with van der Waals surface area (Å²) in [7, 11) is 0. The number of hydrogen-bond donors (Lipinski definition) is 3. The highest BCUT2D eigenvalue weighted by atomic mass is 16.4. The van der Waals surface area contributed by atoms with E-state index in [1.807, 2.05) is 18.3 Å². The molecular weight excluding hydrogens is 280 g/mol. The van der Waals surface area contributed by atoms with Gasteiger partial charge in [-0.2, -0.15) is 0 Å². The third kappa shape index (κ3) is 2.98. The highest BCUT2D eigenvalue weighted by Crippen LogP contribution is 2.24. The number of benzene rings is 1. The molecule has 1 heterocycles. The van der Waals surface area contributed by atoms with E-state index in [2.05, 4.69) is 10.3 Å². The molecule has 1 aliphatic carbocycles. The van der Waals surface area contributed by atoms with Gasteiger partial charge in [0.1, 0.15) is 0 Å². The summed E-state index contributed by atoms with van der Waals surface area (Å²) in [6, 6.07) is 7.13. The van der Waals surface area contributed by atoms with Gasteiger partial charge in [-0.25, -0.2) is 0 Å². The van der Waals surface area contributed by atoms with Gasteiger partial charge in [-0.1, -0.05) is 25.3 Å². The van der Waals surface area contributed by atoms with Crippen LogP contribution in [0.2, 0.25) is 0 Å². The maximum Gasteiger partial charge on any atom is 0.308 e. The van der Waals surface area contributed by atoms with E-state index in [-0.39, 0.29) is 11.9 Å². The Morgan fingerprint density at radius 1 is 1.14 bits per heavy atom. The van der Waals surface area contributed by atoms with E-state index in [1.54, 1.807) is 12.1 Å². The van der Waals surface area contributed by atoms with Crippen LogP contribution in [0.25, 0.3) is 10.9 Å². The third-order valence-electron chi connectivity index (χ3n) is 4.47. The van der Waals surface area contributed by atoms with Crippen LogP contribution in [0, 0.1) is 5.92 Å². The van der Waals surface area contributed by atoms with Crippen molar-refractivity contribution in [3.8, 4) is 0 Å². The molecule has 1 saturated carbocycles. The molecule has 1 fully saturated rings. The summed E-state index contributed by atoms with van der Waals surface area (Å²) < 4.78 is 0. The zero-order valence-corrected chi connectivity index (χ0v) is 12.3. The number of nitrogens with one attached hydrogen (secondary N) is 2. The minimum absolute atomic E-state index is 0.199. The Morgan fingerprint density at radius 3 is 2.77 bits per heavy atom. The van der Waals surface area contributed by atoms with Crippen LogP contribution >= 0.6 is 0 Å². The van der Waals surface area contributed by atoms with E-state index in [9.17, 15) is 14.7 Å². The Bertz CT molecular complexity index is 692. The van der Waals surface area contributed by atoms with Crippen molar-refractivity contribution in [3.63, 3.8) is 0 Å². The number of carbonyl (C=O) groups is 2. The molecule has 116 valence electrons. The van der Waals surface area contributed by atoms with Gasteiger partial charge < -0.3 is 15.4 Å². The molecule has 22 heavy (non-hydrogen) atoms. The lowest BCUT2D eigenvalue weighted by molar-refractivity contribution is -0.142. The summed E-state index contributed by atoms with van der Waals surface area (Å²) in [5.74, 6) is -1.50. The standard InChI is InChI=1S/C17H20N2O3/c20-16(12-7-6-11-8-9-18-15(11)10-12)19-14-5-3-1-2-4-13(14)17(21)22/h6-10,13-14,18H,1-5H2,(H,19,20)(H,21,22)/t13-,14+/m1/s1. The quantitative estimate of drug-likeness (QED) is 0.762. The number of H-pyrrole nitrogens is 1. The van der Waals surface area contributed by atoms with Crippen LogP contribution in [0.4, 0.5) is 0 Å². The monoisotopic (exact) mass is 300 g/mol. The van der Waals surface area contributed by atoms with Gasteiger partial charge in [0.2, 0.25) is 0 Å². The van der Waals surface area contributed by atoms with Gasteiger partial charge in [0, 0.05) is 23.3 Å². The fraction of sp³-hybridized carbons (Fsp3) is 0.412. The first-order valence-corrected chi connectivity index (χ1v) is 7.76. The van der Waals surface area contributed by atoms with Gasteiger partial charge in [0.15, 0.2) is 0 Å². The van der Waals surface area contributed by atoms with Crippen molar-refractivity contribution in [3.05, 3.63) is 36.0 Å². The Morgan fingerprint density at radius 2 is 1.95 bits per heavy atom. The van der Waals surface area contributed by atoms with Crippen LogP contribution in [0.3, 0.4) is 0 Å². The van der Waals surface area contributed by atoms with Crippen molar-refractivity contribution >= 4 is 22.8 Å². The van der Waals surface area contributed by atoms with Crippen LogP contribution in [0.15, 0.2) is 30.5 Å². The predicted molar refractivity (Wildman–Crippen MR) is 83.8 cm³/mol. The molecule has 3 N–H and O–H groups in total. The maximum atomic E-state index is 12.4. The topological polar surface area (TPSA) is 82.2 Å². The molecule has 3 rings (SSSR count). The fourth-order valence-electron chi connectivity index (χ4n) is 3.22. The summed E-state index contributed by atoms with van der Waals surface area (Å²) in [5, 5.41) is 13.4. The van der Waals surface area contributed by atoms with Crippen molar-refractivity contribution < 1.29 is 14.7 Å².